The SMILES string of the molecule is COC(=O)NC(CN)C1CCCCC1. The lowest BCUT2D eigenvalue weighted by Crippen LogP contribution is -2.45. The lowest BCUT2D eigenvalue weighted by molar-refractivity contribution is 0.158. The molecule has 1 fully saturated rings. The van der Waals surface area contributed by atoms with Crippen LogP contribution in [0.5, 0.6) is 0 Å². The number of nitrogens with one attached hydrogen (secondary N) is 1. The van der Waals surface area contributed by atoms with E-state index in [0.29, 0.717) is 12.5 Å². The van der Waals surface area contributed by atoms with Crippen LogP contribution in [0, 0.1) is 5.92 Å². The van der Waals surface area contributed by atoms with Gasteiger partial charge in [-0.1, -0.05) is 19.3 Å². The highest BCUT2D eigenvalue weighted by atomic mass is 16.5. The summed E-state index contributed by atoms with van der Waals surface area (Å²) in [5, 5.41) is 2.80. The molecule has 1 rings (SSSR count). The molecule has 0 heterocycles. The zero-order chi connectivity index (χ0) is 10.4. The van der Waals surface area contributed by atoms with Gasteiger partial charge in [0.15, 0.2) is 0 Å². The summed E-state index contributed by atoms with van der Waals surface area (Å²) in [4.78, 5) is 11.0. The van der Waals surface area contributed by atoms with Crippen molar-refractivity contribution in [1.29, 1.82) is 0 Å². The van der Waals surface area contributed by atoms with Crippen LogP contribution in [-0.2, 0) is 4.74 Å². The molecule has 0 spiro atoms. The van der Waals surface area contributed by atoms with E-state index in [-0.39, 0.29) is 12.1 Å². The molecule has 1 amide bonds. The Kier molecular flexibility index (Phi) is 4.73. The highest BCUT2D eigenvalue weighted by molar-refractivity contribution is 5.67. The van der Waals surface area contributed by atoms with Crippen molar-refractivity contribution in [2.75, 3.05) is 13.7 Å². The van der Waals surface area contributed by atoms with Crippen LogP contribution in [0.1, 0.15) is 32.1 Å². The Hall–Kier alpha value is -0.770. The van der Waals surface area contributed by atoms with Gasteiger partial charge in [-0.05, 0) is 18.8 Å². The van der Waals surface area contributed by atoms with E-state index in [9.17, 15) is 4.79 Å². The summed E-state index contributed by atoms with van der Waals surface area (Å²) in [7, 11) is 1.38. The number of carbonyl (C=O) groups excluding carboxylic acids is 1. The van der Waals surface area contributed by atoms with E-state index in [1.165, 1.54) is 39.2 Å². The van der Waals surface area contributed by atoms with Crippen molar-refractivity contribution in [1.82, 2.24) is 5.32 Å². The molecule has 0 aliphatic heterocycles. The normalized spacial score (nSPS) is 20.1. The van der Waals surface area contributed by atoms with Crippen LogP contribution in [0.3, 0.4) is 0 Å². The largest absolute Gasteiger partial charge is 0.453 e. The van der Waals surface area contributed by atoms with E-state index in [2.05, 4.69) is 10.1 Å². The standard InChI is InChI=1S/C10H20N2O2/c1-14-10(13)12-9(7-11)8-5-3-2-4-6-8/h8-9H,2-7,11H2,1H3,(H,12,13). The first-order chi connectivity index (χ1) is 6.77. The first-order valence-electron chi connectivity index (χ1n) is 5.32. The van der Waals surface area contributed by atoms with Crippen molar-refractivity contribution >= 4 is 6.09 Å². The molecular weight excluding hydrogens is 180 g/mol. The fourth-order valence-electron chi connectivity index (χ4n) is 2.12. The van der Waals surface area contributed by atoms with Crippen LogP contribution in [-0.4, -0.2) is 25.8 Å². The van der Waals surface area contributed by atoms with E-state index < -0.39 is 0 Å². The molecule has 1 unspecified atom stereocenters. The van der Waals surface area contributed by atoms with Gasteiger partial charge in [-0.25, -0.2) is 4.79 Å². The summed E-state index contributed by atoms with van der Waals surface area (Å²) in [5.41, 5.74) is 5.64. The quantitative estimate of drug-likeness (QED) is 0.720. The average Bonchev–Trinajstić information content (AvgIpc) is 2.26. The van der Waals surface area contributed by atoms with Crippen LogP contribution in [0.2, 0.25) is 0 Å². The number of hydrogen-bond acceptors (Lipinski definition) is 3. The molecule has 0 radical (unpaired) electrons. The molecule has 1 aliphatic carbocycles. The molecule has 4 heteroatoms. The molecule has 1 aliphatic rings. The molecule has 0 aromatic heterocycles. The summed E-state index contributed by atoms with van der Waals surface area (Å²) in [6.07, 6.45) is 5.80. The van der Waals surface area contributed by atoms with Gasteiger partial charge >= 0.3 is 6.09 Å². The molecular formula is C10H20N2O2. The van der Waals surface area contributed by atoms with Gasteiger partial charge in [0, 0.05) is 12.6 Å². The molecule has 4 nitrogen and oxygen atoms in total. The first kappa shape index (κ1) is 11.3. The second kappa shape index (κ2) is 5.86. The summed E-state index contributed by atoms with van der Waals surface area (Å²) in [6.45, 7) is 0.500. The number of hydrogen-bond donors (Lipinski definition) is 2. The van der Waals surface area contributed by atoms with Crippen molar-refractivity contribution < 1.29 is 9.53 Å². The third-order valence-electron chi connectivity index (χ3n) is 2.96. The molecule has 0 bridgehead atoms. The summed E-state index contributed by atoms with van der Waals surface area (Å²) < 4.78 is 4.57. The van der Waals surface area contributed by atoms with Crippen molar-refractivity contribution in [3.05, 3.63) is 0 Å². The second-order valence-corrected chi connectivity index (χ2v) is 3.88. The van der Waals surface area contributed by atoms with Gasteiger partial charge < -0.3 is 15.8 Å². The zero-order valence-electron chi connectivity index (χ0n) is 8.79. The smallest absolute Gasteiger partial charge is 0.407 e. The fraction of sp³-hybridized carbons (Fsp3) is 0.900. The monoisotopic (exact) mass is 200 g/mol. The van der Waals surface area contributed by atoms with Crippen LogP contribution < -0.4 is 11.1 Å². The van der Waals surface area contributed by atoms with E-state index in [1.807, 2.05) is 0 Å². The van der Waals surface area contributed by atoms with Crippen LogP contribution in [0.4, 0.5) is 4.79 Å². The lowest BCUT2D eigenvalue weighted by atomic mass is 9.84. The average molecular weight is 200 g/mol. The zero-order valence-corrected chi connectivity index (χ0v) is 8.79. The highest BCUT2D eigenvalue weighted by Crippen LogP contribution is 2.26. The maximum atomic E-state index is 11.0. The second-order valence-electron chi connectivity index (χ2n) is 3.88. The topological polar surface area (TPSA) is 64.3 Å². The minimum Gasteiger partial charge on any atom is -0.453 e. The van der Waals surface area contributed by atoms with Gasteiger partial charge in [-0.2, -0.15) is 0 Å². The molecule has 1 saturated carbocycles. The Morgan fingerprint density at radius 1 is 1.50 bits per heavy atom. The van der Waals surface area contributed by atoms with Gasteiger partial charge in [0.25, 0.3) is 0 Å². The number of ether oxygens (including phenoxy) is 1. The molecule has 82 valence electrons. The number of rotatable bonds is 3. The van der Waals surface area contributed by atoms with Crippen molar-refractivity contribution in [2.45, 2.75) is 38.1 Å². The van der Waals surface area contributed by atoms with Gasteiger partial charge in [-0.3, -0.25) is 0 Å². The van der Waals surface area contributed by atoms with Gasteiger partial charge in [-0.15, -0.1) is 0 Å². The molecule has 0 saturated heterocycles. The Labute approximate surface area is 85.2 Å². The van der Waals surface area contributed by atoms with Crippen molar-refractivity contribution in [3.63, 3.8) is 0 Å². The van der Waals surface area contributed by atoms with E-state index >= 15 is 0 Å². The van der Waals surface area contributed by atoms with Crippen LogP contribution in [0.25, 0.3) is 0 Å². The summed E-state index contributed by atoms with van der Waals surface area (Å²) in [5.74, 6) is 0.535. The van der Waals surface area contributed by atoms with Crippen LogP contribution in [0.15, 0.2) is 0 Å². The number of alkyl carbamates (subject to hydrolysis) is 1. The van der Waals surface area contributed by atoms with E-state index in [4.69, 9.17) is 5.73 Å². The van der Waals surface area contributed by atoms with E-state index in [0.717, 1.165) is 0 Å². The maximum Gasteiger partial charge on any atom is 0.407 e. The van der Waals surface area contributed by atoms with Crippen molar-refractivity contribution in [3.8, 4) is 0 Å². The van der Waals surface area contributed by atoms with Crippen molar-refractivity contribution in [2.24, 2.45) is 11.7 Å². The third-order valence-corrected chi connectivity index (χ3v) is 2.96. The molecule has 14 heavy (non-hydrogen) atoms. The minimum absolute atomic E-state index is 0.0859. The summed E-state index contributed by atoms with van der Waals surface area (Å²) >= 11 is 0. The fourth-order valence-corrected chi connectivity index (χ4v) is 2.12. The predicted molar refractivity (Wildman–Crippen MR) is 55.0 cm³/mol. The predicted octanol–water partition coefficient (Wildman–Crippen LogP) is 1.25. The Balaban J connectivity index is 2.39. The number of carbonyl (C=O) groups is 1. The van der Waals surface area contributed by atoms with Gasteiger partial charge in [0.1, 0.15) is 0 Å². The number of methoxy groups -OCH3 is 1. The third kappa shape index (κ3) is 3.18. The Morgan fingerprint density at radius 2 is 2.14 bits per heavy atom. The Morgan fingerprint density at radius 3 is 2.64 bits per heavy atom. The summed E-state index contributed by atoms with van der Waals surface area (Å²) in [6, 6.07) is 0.0859. The molecule has 0 aromatic carbocycles. The van der Waals surface area contributed by atoms with Crippen LogP contribution >= 0.6 is 0 Å². The first-order valence-corrected chi connectivity index (χ1v) is 5.32. The highest BCUT2D eigenvalue weighted by Gasteiger charge is 2.23. The van der Waals surface area contributed by atoms with Gasteiger partial charge in [0.05, 0.1) is 7.11 Å². The van der Waals surface area contributed by atoms with Gasteiger partial charge in [0.2, 0.25) is 0 Å². The van der Waals surface area contributed by atoms with E-state index in [1.54, 1.807) is 0 Å². The maximum absolute atomic E-state index is 11.0. The number of amides is 1. The molecule has 1 atom stereocenters. The lowest BCUT2D eigenvalue weighted by Gasteiger charge is -2.29. The molecule has 3 N–H and O–H groups in total. The Bertz CT molecular complexity index is 179. The minimum atomic E-state index is -0.369. The number of nitrogens with two attached hydrogens (primary N) is 1. The molecule has 0 aromatic rings.